The molecule has 2 rings (SSSR count). The number of halogens is 1. The van der Waals surface area contributed by atoms with Gasteiger partial charge in [-0.25, -0.2) is 4.39 Å². The number of aromatic nitrogens is 1. The molecule has 0 amide bonds. The Kier molecular flexibility index (Phi) is 2.86. The fourth-order valence-corrected chi connectivity index (χ4v) is 1.91. The van der Waals surface area contributed by atoms with Crippen LogP contribution in [0.3, 0.4) is 0 Å². The average molecular weight is 209 g/mol. The van der Waals surface area contributed by atoms with Crippen molar-refractivity contribution in [2.45, 2.75) is 25.8 Å². The second-order valence-electron chi connectivity index (χ2n) is 4.11. The first kappa shape index (κ1) is 10.4. The van der Waals surface area contributed by atoms with Crippen LogP contribution in [-0.2, 0) is 0 Å². The van der Waals surface area contributed by atoms with Crippen LogP contribution in [0.1, 0.15) is 18.5 Å². The molecule has 1 fully saturated rings. The highest BCUT2D eigenvalue weighted by Crippen LogP contribution is 2.20. The minimum Gasteiger partial charge on any atom is -0.369 e. The Morgan fingerprint density at radius 2 is 2.40 bits per heavy atom. The van der Waals surface area contributed by atoms with Gasteiger partial charge in [0.15, 0.2) is 0 Å². The lowest BCUT2D eigenvalue weighted by Gasteiger charge is -2.32. The molecule has 4 heteroatoms. The topological polar surface area (TPSA) is 42.2 Å². The van der Waals surface area contributed by atoms with Crippen molar-refractivity contribution in [3.63, 3.8) is 0 Å². The Balaban J connectivity index is 2.18. The van der Waals surface area contributed by atoms with Gasteiger partial charge in [-0.15, -0.1) is 0 Å². The van der Waals surface area contributed by atoms with Gasteiger partial charge in [0.05, 0.1) is 17.6 Å². The zero-order valence-electron chi connectivity index (χ0n) is 8.91. The van der Waals surface area contributed by atoms with E-state index in [0.29, 0.717) is 5.69 Å². The quantitative estimate of drug-likeness (QED) is 0.761. The van der Waals surface area contributed by atoms with Gasteiger partial charge in [-0.2, -0.15) is 0 Å². The molecule has 1 aromatic rings. The molecule has 1 atom stereocenters. The smallest absolute Gasteiger partial charge is 0.146 e. The monoisotopic (exact) mass is 209 g/mol. The lowest BCUT2D eigenvalue weighted by atomic mass is 10.1. The fourth-order valence-electron chi connectivity index (χ4n) is 1.91. The standard InChI is InChI=1S/C11H16FN3/c1-8-11(12)5-10(6-14-8)15-4-2-3-9(13)7-15/h5-6,9H,2-4,7,13H2,1H3/t9-/m0/s1. The minimum absolute atomic E-state index is 0.197. The second-order valence-corrected chi connectivity index (χ2v) is 4.11. The van der Waals surface area contributed by atoms with Gasteiger partial charge in [0.2, 0.25) is 0 Å². The predicted octanol–water partition coefficient (Wildman–Crippen LogP) is 1.46. The van der Waals surface area contributed by atoms with Crippen LogP contribution in [0.2, 0.25) is 0 Å². The number of piperidine rings is 1. The minimum atomic E-state index is -0.244. The van der Waals surface area contributed by atoms with Crippen molar-refractivity contribution >= 4 is 5.69 Å². The molecule has 0 aromatic carbocycles. The van der Waals surface area contributed by atoms with Crippen LogP contribution >= 0.6 is 0 Å². The number of rotatable bonds is 1. The summed E-state index contributed by atoms with van der Waals surface area (Å²) in [7, 11) is 0. The molecule has 2 N–H and O–H groups in total. The molecule has 0 spiro atoms. The van der Waals surface area contributed by atoms with Crippen LogP contribution in [0.15, 0.2) is 12.3 Å². The Bertz CT molecular complexity index is 354. The summed E-state index contributed by atoms with van der Waals surface area (Å²) in [4.78, 5) is 6.12. The summed E-state index contributed by atoms with van der Waals surface area (Å²) >= 11 is 0. The lowest BCUT2D eigenvalue weighted by Crippen LogP contribution is -2.42. The summed E-state index contributed by atoms with van der Waals surface area (Å²) in [6, 6.07) is 1.74. The molecule has 0 bridgehead atoms. The first-order chi connectivity index (χ1) is 7.16. The molecule has 2 heterocycles. The maximum Gasteiger partial charge on any atom is 0.146 e. The maximum atomic E-state index is 13.3. The van der Waals surface area contributed by atoms with E-state index in [1.807, 2.05) is 0 Å². The Hall–Kier alpha value is -1.16. The highest BCUT2D eigenvalue weighted by atomic mass is 19.1. The van der Waals surface area contributed by atoms with Crippen LogP contribution in [-0.4, -0.2) is 24.1 Å². The normalized spacial score (nSPS) is 21.8. The molecule has 0 radical (unpaired) electrons. The molecule has 82 valence electrons. The van der Waals surface area contributed by atoms with Crippen molar-refractivity contribution in [3.05, 3.63) is 23.8 Å². The van der Waals surface area contributed by atoms with E-state index in [1.54, 1.807) is 19.2 Å². The molecule has 1 aliphatic heterocycles. The van der Waals surface area contributed by atoms with Gasteiger partial charge in [-0.1, -0.05) is 0 Å². The summed E-state index contributed by atoms with van der Waals surface area (Å²) in [6.45, 7) is 3.41. The van der Waals surface area contributed by atoms with Gasteiger partial charge in [0.25, 0.3) is 0 Å². The van der Waals surface area contributed by atoms with Gasteiger partial charge in [-0.3, -0.25) is 4.98 Å². The number of anilines is 1. The average Bonchev–Trinajstić information content (AvgIpc) is 2.22. The highest BCUT2D eigenvalue weighted by Gasteiger charge is 2.17. The summed E-state index contributed by atoms with van der Waals surface area (Å²) in [5, 5.41) is 0. The van der Waals surface area contributed by atoms with Crippen molar-refractivity contribution in [1.29, 1.82) is 0 Å². The van der Waals surface area contributed by atoms with E-state index >= 15 is 0 Å². The van der Waals surface area contributed by atoms with Crippen LogP contribution in [0.25, 0.3) is 0 Å². The van der Waals surface area contributed by atoms with Crippen LogP contribution in [0, 0.1) is 12.7 Å². The van der Waals surface area contributed by atoms with Crippen molar-refractivity contribution < 1.29 is 4.39 Å². The van der Waals surface area contributed by atoms with Crippen LogP contribution in [0.4, 0.5) is 10.1 Å². The maximum absolute atomic E-state index is 13.3. The Morgan fingerprint density at radius 1 is 1.60 bits per heavy atom. The largest absolute Gasteiger partial charge is 0.369 e. The van der Waals surface area contributed by atoms with Crippen molar-refractivity contribution in [2.24, 2.45) is 5.73 Å². The predicted molar refractivity (Wildman–Crippen MR) is 58.4 cm³/mol. The van der Waals surface area contributed by atoms with Gasteiger partial charge in [0, 0.05) is 25.2 Å². The third kappa shape index (κ3) is 2.26. The summed E-state index contributed by atoms with van der Waals surface area (Å²) < 4.78 is 13.3. The molecule has 0 unspecified atom stereocenters. The third-order valence-corrected chi connectivity index (χ3v) is 2.83. The van der Waals surface area contributed by atoms with E-state index < -0.39 is 0 Å². The number of nitrogens with zero attached hydrogens (tertiary/aromatic N) is 2. The lowest BCUT2D eigenvalue weighted by molar-refractivity contribution is 0.504. The van der Waals surface area contributed by atoms with Gasteiger partial charge >= 0.3 is 0 Å². The van der Waals surface area contributed by atoms with Crippen molar-refractivity contribution in [1.82, 2.24) is 4.98 Å². The molecule has 0 saturated carbocycles. The zero-order chi connectivity index (χ0) is 10.8. The van der Waals surface area contributed by atoms with E-state index in [0.717, 1.165) is 31.6 Å². The molecular weight excluding hydrogens is 193 g/mol. The molecule has 1 aliphatic rings. The first-order valence-electron chi connectivity index (χ1n) is 5.29. The van der Waals surface area contributed by atoms with Crippen molar-refractivity contribution in [3.8, 4) is 0 Å². The molecule has 1 saturated heterocycles. The van der Waals surface area contributed by atoms with Gasteiger partial charge in [-0.05, 0) is 19.8 Å². The summed E-state index contributed by atoms with van der Waals surface area (Å²) in [6.07, 6.45) is 3.84. The van der Waals surface area contributed by atoms with Crippen LogP contribution in [0.5, 0.6) is 0 Å². The summed E-state index contributed by atoms with van der Waals surface area (Å²) in [5.41, 5.74) is 7.16. The van der Waals surface area contributed by atoms with Crippen molar-refractivity contribution in [2.75, 3.05) is 18.0 Å². The highest BCUT2D eigenvalue weighted by molar-refractivity contribution is 5.45. The van der Waals surface area contributed by atoms with Gasteiger partial charge < -0.3 is 10.6 Å². The first-order valence-corrected chi connectivity index (χ1v) is 5.29. The molecular formula is C11H16FN3. The summed E-state index contributed by atoms with van der Waals surface area (Å²) in [5.74, 6) is -0.244. The SMILES string of the molecule is Cc1ncc(N2CCC[C@H](N)C2)cc1F. The van der Waals surface area contributed by atoms with E-state index in [4.69, 9.17) is 5.73 Å². The number of nitrogens with two attached hydrogens (primary N) is 1. The zero-order valence-corrected chi connectivity index (χ0v) is 8.91. The van der Waals surface area contributed by atoms with E-state index in [1.165, 1.54) is 0 Å². The number of hydrogen-bond acceptors (Lipinski definition) is 3. The Morgan fingerprint density at radius 3 is 3.07 bits per heavy atom. The molecule has 15 heavy (non-hydrogen) atoms. The fraction of sp³-hybridized carbons (Fsp3) is 0.545. The number of pyridine rings is 1. The second kappa shape index (κ2) is 4.14. The number of aryl methyl sites for hydroxylation is 1. The van der Waals surface area contributed by atoms with E-state index in [9.17, 15) is 4.39 Å². The van der Waals surface area contributed by atoms with Gasteiger partial charge in [0.1, 0.15) is 5.82 Å². The van der Waals surface area contributed by atoms with Crippen LogP contribution < -0.4 is 10.6 Å². The Labute approximate surface area is 89.1 Å². The number of hydrogen-bond donors (Lipinski definition) is 1. The third-order valence-electron chi connectivity index (χ3n) is 2.83. The molecule has 1 aromatic heterocycles. The molecule has 3 nitrogen and oxygen atoms in total. The molecule has 0 aliphatic carbocycles. The van der Waals surface area contributed by atoms with E-state index in [2.05, 4.69) is 9.88 Å². The van der Waals surface area contributed by atoms with E-state index in [-0.39, 0.29) is 11.9 Å².